The maximum atomic E-state index is 13.9. The number of imide groups is 1. The Morgan fingerprint density at radius 3 is 2.57 bits per heavy atom. The Bertz CT molecular complexity index is 1380. The van der Waals surface area contributed by atoms with Gasteiger partial charge in [0, 0.05) is 7.11 Å². The lowest BCUT2D eigenvalue weighted by Gasteiger charge is -2.43. The van der Waals surface area contributed by atoms with Gasteiger partial charge in [0.15, 0.2) is 0 Å². The van der Waals surface area contributed by atoms with E-state index in [9.17, 15) is 29.8 Å². The summed E-state index contributed by atoms with van der Waals surface area (Å²) < 4.78 is 11.7. The topological polar surface area (TPSA) is 137 Å². The SMILES string of the molecule is CCC/C(=C\c1ccc(O)cc1)CC[C@H]1OB(O)C[C@H]2C1=C(COC)C[C@H]1C(=O)N(c3cccc(B(O)O)c3)C(=O)[C@H]12. The van der Waals surface area contributed by atoms with Gasteiger partial charge in [-0.05, 0) is 84.4 Å². The van der Waals surface area contributed by atoms with Crippen molar-refractivity contribution < 1.29 is 39.2 Å². The second-order valence-corrected chi connectivity index (χ2v) is 11.4. The molecule has 0 saturated carbocycles. The first-order valence-corrected chi connectivity index (χ1v) is 14.6. The first-order valence-electron chi connectivity index (χ1n) is 14.6. The molecule has 2 saturated heterocycles. The third-order valence-electron chi connectivity index (χ3n) is 8.62. The van der Waals surface area contributed by atoms with Crippen molar-refractivity contribution in [1.82, 2.24) is 0 Å². The van der Waals surface area contributed by atoms with Gasteiger partial charge in [-0.15, -0.1) is 0 Å². The highest BCUT2D eigenvalue weighted by Gasteiger charge is 2.57. The minimum atomic E-state index is -1.73. The molecule has 220 valence electrons. The number of anilines is 1. The molecule has 2 heterocycles. The standard InChI is InChI=1S/C31H37B2NO8/c1-3-5-19(14-20-8-11-24(35)12-9-20)10-13-27-28-21(18-41-2)15-25-29(26(28)17-32(38)42-27)31(37)34(30(25)36)23-7-4-6-22(16-23)33(39)40/h4,6-9,11-12,14,16,25-27,29,35,38-40H,3,5,10,13,15,17-18H2,1-2H3/b19-14+/t25-,26+,27-,29-/m1/s1. The molecule has 1 aliphatic carbocycles. The van der Waals surface area contributed by atoms with E-state index in [1.165, 1.54) is 17.7 Å². The molecule has 0 radical (unpaired) electrons. The summed E-state index contributed by atoms with van der Waals surface area (Å²) in [7, 11) is -1.21. The van der Waals surface area contributed by atoms with E-state index in [2.05, 4.69) is 13.0 Å². The van der Waals surface area contributed by atoms with Gasteiger partial charge in [-0.3, -0.25) is 14.5 Å². The number of rotatable bonds is 10. The van der Waals surface area contributed by atoms with Gasteiger partial charge in [0.2, 0.25) is 11.8 Å². The third-order valence-corrected chi connectivity index (χ3v) is 8.62. The fraction of sp³-hybridized carbons (Fsp3) is 0.419. The van der Waals surface area contributed by atoms with Crippen molar-refractivity contribution in [3.63, 3.8) is 0 Å². The Balaban J connectivity index is 1.44. The number of phenols is 1. The van der Waals surface area contributed by atoms with Crippen LogP contribution in [0.1, 0.15) is 44.6 Å². The van der Waals surface area contributed by atoms with E-state index in [0.717, 1.165) is 34.5 Å². The maximum Gasteiger partial charge on any atom is 0.488 e. The van der Waals surface area contributed by atoms with Gasteiger partial charge in [0.25, 0.3) is 0 Å². The second-order valence-electron chi connectivity index (χ2n) is 11.4. The number of allylic oxidation sites excluding steroid dienone is 1. The van der Waals surface area contributed by atoms with Gasteiger partial charge in [0.1, 0.15) is 5.75 Å². The van der Waals surface area contributed by atoms with E-state index in [-0.39, 0.29) is 35.3 Å². The number of methoxy groups -OCH3 is 1. The van der Waals surface area contributed by atoms with Crippen LogP contribution in [0.5, 0.6) is 5.75 Å². The number of benzene rings is 2. The lowest BCUT2D eigenvalue weighted by Crippen LogP contribution is -2.46. The molecule has 0 spiro atoms. The molecule has 2 amide bonds. The number of aromatic hydroxyl groups is 1. The molecule has 2 fully saturated rings. The zero-order chi connectivity index (χ0) is 30.0. The van der Waals surface area contributed by atoms with Crippen LogP contribution >= 0.6 is 0 Å². The Kier molecular flexibility index (Phi) is 9.35. The van der Waals surface area contributed by atoms with Crippen LogP contribution in [-0.4, -0.2) is 66.1 Å². The van der Waals surface area contributed by atoms with Gasteiger partial charge in [0.05, 0.1) is 30.2 Å². The average Bonchev–Trinajstić information content (AvgIpc) is 3.22. The summed E-state index contributed by atoms with van der Waals surface area (Å²) in [5.74, 6) is -2.10. The molecule has 0 aromatic heterocycles. The van der Waals surface area contributed by atoms with E-state index in [0.29, 0.717) is 31.6 Å². The lowest BCUT2D eigenvalue weighted by atomic mass is 9.58. The van der Waals surface area contributed by atoms with Crippen molar-refractivity contribution in [2.24, 2.45) is 17.8 Å². The van der Waals surface area contributed by atoms with Gasteiger partial charge in [-0.2, -0.15) is 0 Å². The number of carbonyl (C=O) groups is 2. The van der Waals surface area contributed by atoms with Crippen molar-refractivity contribution in [1.29, 1.82) is 0 Å². The number of ether oxygens (including phenoxy) is 1. The van der Waals surface area contributed by atoms with E-state index >= 15 is 0 Å². The number of carbonyl (C=O) groups excluding carboxylic acids is 2. The fourth-order valence-electron chi connectivity index (χ4n) is 6.86. The van der Waals surface area contributed by atoms with Crippen molar-refractivity contribution in [3.05, 3.63) is 70.8 Å². The monoisotopic (exact) mass is 573 g/mol. The highest BCUT2D eigenvalue weighted by atomic mass is 16.5. The number of fused-ring (bicyclic) bond motifs is 3. The molecular formula is C31H37B2NO8. The Morgan fingerprint density at radius 2 is 1.88 bits per heavy atom. The van der Waals surface area contributed by atoms with Crippen LogP contribution in [-0.2, 0) is 19.0 Å². The number of amides is 2. The van der Waals surface area contributed by atoms with Gasteiger partial charge in [-0.1, -0.05) is 49.3 Å². The molecule has 2 aromatic carbocycles. The number of phenolic OH excluding ortho intramolecular Hbond substituents is 1. The first-order chi connectivity index (χ1) is 20.2. The number of hydrogen-bond donors (Lipinski definition) is 4. The van der Waals surface area contributed by atoms with Crippen molar-refractivity contribution >= 4 is 43.3 Å². The molecule has 0 unspecified atom stereocenters. The number of nitrogens with zero attached hydrogens (tertiary/aromatic N) is 1. The summed E-state index contributed by atoms with van der Waals surface area (Å²) in [6, 6.07) is 13.2. The van der Waals surface area contributed by atoms with Crippen LogP contribution in [0.3, 0.4) is 0 Å². The van der Waals surface area contributed by atoms with Gasteiger partial charge < -0.3 is 29.6 Å². The van der Waals surface area contributed by atoms with E-state index in [4.69, 9.17) is 9.39 Å². The van der Waals surface area contributed by atoms with E-state index in [1.54, 1.807) is 31.4 Å². The predicted molar refractivity (Wildman–Crippen MR) is 161 cm³/mol. The number of hydrogen-bond acceptors (Lipinski definition) is 8. The second kappa shape index (κ2) is 13.0. The van der Waals surface area contributed by atoms with Gasteiger partial charge in [-0.25, -0.2) is 0 Å². The third kappa shape index (κ3) is 6.11. The molecule has 2 aliphatic heterocycles. The summed E-state index contributed by atoms with van der Waals surface area (Å²) in [5.41, 5.74) is 4.58. The van der Waals surface area contributed by atoms with Crippen molar-refractivity contribution in [3.8, 4) is 5.75 Å². The quantitative estimate of drug-likeness (QED) is 0.194. The smallest absolute Gasteiger partial charge is 0.488 e. The van der Waals surface area contributed by atoms with E-state index in [1.807, 2.05) is 12.1 Å². The van der Waals surface area contributed by atoms with Gasteiger partial charge >= 0.3 is 14.2 Å². The van der Waals surface area contributed by atoms with Crippen molar-refractivity contribution in [2.75, 3.05) is 18.6 Å². The molecule has 4 N–H and O–H groups in total. The summed E-state index contributed by atoms with van der Waals surface area (Å²) in [4.78, 5) is 28.8. The molecule has 4 atom stereocenters. The van der Waals surface area contributed by atoms with Crippen LogP contribution in [0.15, 0.2) is 65.3 Å². The summed E-state index contributed by atoms with van der Waals surface area (Å²) in [6.07, 6.45) is 5.40. The fourth-order valence-corrected chi connectivity index (χ4v) is 6.86. The van der Waals surface area contributed by atoms with Crippen molar-refractivity contribution in [2.45, 2.75) is 51.5 Å². The van der Waals surface area contributed by atoms with Crippen LogP contribution in [0.25, 0.3) is 6.08 Å². The average molecular weight is 573 g/mol. The summed E-state index contributed by atoms with van der Waals surface area (Å²) in [5, 5.41) is 39.8. The van der Waals surface area contributed by atoms with Crippen LogP contribution < -0.4 is 10.4 Å². The molecule has 5 rings (SSSR count). The molecule has 3 aliphatic rings. The molecule has 0 bridgehead atoms. The highest BCUT2D eigenvalue weighted by molar-refractivity contribution is 6.58. The predicted octanol–water partition coefficient (Wildman–Crippen LogP) is 2.68. The largest absolute Gasteiger partial charge is 0.508 e. The Morgan fingerprint density at radius 1 is 1.12 bits per heavy atom. The lowest BCUT2D eigenvalue weighted by molar-refractivity contribution is -0.122. The maximum absolute atomic E-state index is 13.9. The van der Waals surface area contributed by atoms with Crippen LogP contribution in [0, 0.1) is 17.8 Å². The summed E-state index contributed by atoms with van der Waals surface area (Å²) in [6.45, 7) is 2.41. The minimum Gasteiger partial charge on any atom is -0.508 e. The molecule has 42 heavy (non-hydrogen) atoms. The first kappa shape index (κ1) is 30.3. The zero-order valence-electron chi connectivity index (χ0n) is 24.0. The Hall–Kier alpha value is -3.21. The van der Waals surface area contributed by atoms with E-state index < -0.39 is 32.2 Å². The molecule has 2 aromatic rings. The highest BCUT2D eigenvalue weighted by Crippen LogP contribution is 2.51. The molecular weight excluding hydrogens is 536 g/mol. The normalized spacial score (nSPS) is 24.3. The van der Waals surface area contributed by atoms with Crippen LogP contribution in [0.4, 0.5) is 5.69 Å². The Labute approximate surface area is 246 Å². The molecule has 11 heteroatoms. The zero-order valence-corrected chi connectivity index (χ0v) is 24.0. The minimum absolute atomic E-state index is 0.187. The van der Waals surface area contributed by atoms with Crippen LogP contribution in [0.2, 0.25) is 6.32 Å². The summed E-state index contributed by atoms with van der Waals surface area (Å²) >= 11 is 0. The molecule has 9 nitrogen and oxygen atoms in total.